The van der Waals surface area contributed by atoms with Gasteiger partial charge in [-0.25, -0.2) is 5.21 Å². The minimum absolute atomic E-state index is 0.0292. The van der Waals surface area contributed by atoms with E-state index in [4.69, 9.17) is 28.4 Å². The topological polar surface area (TPSA) is 60.4 Å². The quantitative estimate of drug-likeness (QED) is 0.648. The zero-order valence-electron chi connectivity index (χ0n) is 13.0. The largest absolute Gasteiger partial charge is 0.368 e. The van der Waals surface area contributed by atoms with E-state index in [9.17, 15) is 4.79 Å². The van der Waals surface area contributed by atoms with Gasteiger partial charge in [0.2, 0.25) is 0 Å². The molecule has 5 nitrogen and oxygen atoms in total. The Balaban J connectivity index is 1.63. The van der Waals surface area contributed by atoms with E-state index in [1.807, 2.05) is 29.2 Å². The van der Waals surface area contributed by atoms with E-state index in [1.54, 1.807) is 18.2 Å². The highest BCUT2D eigenvalue weighted by molar-refractivity contribution is 6.42. The van der Waals surface area contributed by atoms with E-state index in [-0.39, 0.29) is 5.91 Å². The van der Waals surface area contributed by atoms with Gasteiger partial charge in [-0.3, -0.25) is 4.79 Å². The van der Waals surface area contributed by atoms with Crippen LogP contribution in [0.5, 0.6) is 0 Å². The third-order valence-electron chi connectivity index (χ3n) is 4.14. The first-order valence-corrected chi connectivity index (χ1v) is 8.41. The Bertz CT molecular complexity index is 729. The van der Waals surface area contributed by atoms with Crippen molar-refractivity contribution in [3.8, 4) is 0 Å². The summed E-state index contributed by atoms with van der Waals surface area (Å²) in [5.41, 5.74) is 3.49. The van der Waals surface area contributed by atoms with Crippen molar-refractivity contribution < 1.29 is 15.5 Å². The fourth-order valence-electron chi connectivity index (χ4n) is 2.75. The molecule has 24 heavy (non-hydrogen) atoms. The van der Waals surface area contributed by atoms with Crippen molar-refractivity contribution in [3.63, 3.8) is 0 Å². The highest BCUT2D eigenvalue weighted by Crippen LogP contribution is 2.24. The first-order valence-electron chi connectivity index (χ1n) is 7.65. The maximum atomic E-state index is 12.6. The van der Waals surface area contributed by atoms with Crippen molar-refractivity contribution in [2.45, 2.75) is 0 Å². The summed E-state index contributed by atoms with van der Waals surface area (Å²) in [5, 5.41) is 9.82. The number of hydrogen-bond acceptors (Lipinski definition) is 3. The van der Waals surface area contributed by atoms with Crippen LogP contribution in [0.1, 0.15) is 10.4 Å². The van der Waals surface area contributed by atoms with Gasteiger partial charge < -0.3 is 9.80 Å². The first kappa shape index (κ1) is 17.0. The standard InChI is InChI=1S/C17H17Cl2N3O2/c18-15-6-1-12(11-16(15)19)17(23)22-9-7-21(8-10-22)14-4-2-13(20-24)3-5-14/h1-6,11,20,24H,7-10H2/p+1. The monoisotopic (exact) mass is 366 g/mol. The molecule has 1 fully saturated rings. The molecule has 0 saturated carbocycles. The maximum Gasteiger partial charge on any atom is 0.254 e. The Morgan fingerprint density at radius 3 is 2.21 bits per heavy atom. The number of nitrogens with two attached hydrogens (primary N) is 1. The summed E-state index contributed by atoms with van der Waals surface area (Å²) in [6.07, 6.45) is 0. The average molecular weight is 367 g/mol. The van der Waals surface area contributed by atoms with Crippen LogP contribution in [-0.2, 0) is 0 Å². The Labute approximate surface area is 150 Å². The Morgan fingerprint density at radius 1 is 0.958 bits per heavy atom. The summed E-state index contributed by atoms with van der Waals surface area (Å²) in [6, 6.07) is 12.6. The van der Waals surface area contributed by atoms with Crippen molar-refractivity contribution in [2.24, 2.45) is 0 Å². The highest BCUT2D eigenvalue weighted by Gasteiger charge is 2.22. The number of nitrogens with zero attached hydrogens (tertiary/aromatic N) is 2. The van der Waals surface area contributed by atoms with Gasteiger partial charge in [0, 0.05) is 49.6 Å². The summed E-state index contributed by atoms with van der Waals surface area (Å²) >= 11 is 11.9. The van der Waals surface area contributed by atoms with Gasteiger partial charge in [-0.1, -0.05) is 23.2 Å². The molecule has 0 radical (unpaired) electrons. The molecule has 0 atom stereocenters. The van der Waals surface area contributed by atoms with E-state index in [0.29, 0.717) is 28.7 Å². The lowest BCUT2D eigenvalue weighted by Gasteiger charge is -2.36. The van der Waals surface area contributed by atoms with Crippen LogP contribution in [0.4, 0.5) is 11.4 Å². The Morgan fingerprint density at radius 2 is 1.62 bits per heavy atom. The van der Waals surface area contributed by atoms with Crippen LogP contribution in [0.3, 0.4) is 0 Å². The van der Waals surface area contributed by atoms with Crippen LogP contribution in [-0.4, -0.2) is 42.2 Å². The molecule has 0 aliphatic carbocycles. The zero-order valence-corrected chi connectivity index (χ0v) is 14.5. The second-order valence-electron chi connectivity index (χ2n) is 5.63. The van der Waals surface area contributed by atoms with E-state index in [0.717, 1.165) is 29.9 Å². The molecule has 126 valence electrons. The maximum absolute atomic E-state index is 12.6. The SMILES string of the molecule is O=C(c1ccc(Cl)c(Cl)c1)N1CCN(c2ccc([NH2+]O)cc2)CC1. The number of carbonyl (C=O) groups is 1. The van der Waals surface area contributed by atoms with E-state index >= 15 is 0 Å². The van der Waals surface area contributed by atoms with Gasteiger partial charge in [-0.05, 0) is 30.3 Å². The summed E-state index contributed by atoms with van der Waals surface area (Å²) in [6.45, 7) is 2.81. The van der Waals surface area contributed by atoms with Crippen LogP contribution in [0.15, 0.2) is 42.5 Å². The van der Waals surface area contributed by atoms with E-state index < -0.39 is 0 Å². The van der Waals surface area contributed by atoms with Crippen LogP contribution < -0.4 is 10.4 Å². The fourth-order valence-corrected chi connectivity index (χ4v) is 3.05. The molecule has 0 bridgehead atoms. The van der Waals surface area contributed by atoms with Crippen molar-refractivity contribution in [1.82, 2.24) is 4.90 Å². The Hall–Kier alpha value is -1.79. The average Bonchev–Trinajstić information content (AvgIpc) is 2.63. The molecule has 3 N–H and O–H groups in total. The third-order valence-corrected chi connectivity index (χ3v) is 4.88. The molecule has 0 aromatic heterocycles. The molecule has 0 unspecified atom stereocenters. The number of halogens is 2. The summed E-state index contributed by atoms with van der Waals surface area (Å²) in [7, 11) is 0. The molecule has 7 heteroatoms. The smallest absolute Gasteiger partial charge is 0.254 e. The van der Waals surface area contributed by atoms with Gasteiger partial charge in [-0.2, -0.15) is 5.48 Å². The molecular formula is C17H18Cl2N3O2+. The molecule has 0 spiro atoms. The highest BCUT2D eigenvalue weighted by atomic mass is 35.5. The van der Waals surface area contributed by atoms with Gasteiger partial charge in [0.05, 0.1) is 10.0 Å². The Kier molecular flexibility index (Phi) is 5.26. The number of quaternary nitrogens is 1. The molecule has 2 aromatic rings. The lowest BCUT2D eigenvalue weighted by molar-refractivity contribution is -0.825. The van der Waals surface area contributed by atoms with Crippen LogP contribution in [0, 0.1) is 0 Å². The number of carbonyl (C=O) groups excluding carboxylic acids is 1. The second-order valence-corrected chi connectivity index (χ2v) is 6.44. The molecule has 1 aliphatic rings. The van der Waals surface area contributed by atoms with Crippen LogP contribution in [0.2, 0.25) is 10.0 Å². The summed E-state index contributed by atoms with van der Waals surface area (Å²) < 4.78 is 0. The number of anilines is 1. The number of benzene rings is 2. The van der Waals surface area contributed by atoms with Crippen LogP contribution in [0.25, 0.3) is 0 Å². The lowest BCUT2D eigenvalue weighted by Crippen LogP contribution is -2.73. The predicted molar refractivity (Wildman–Crippen MR) is 94.4 cm³/mol. The predicted octanol–water partition coefficient (Wildman–Crippen LogP) is 2.54. The van der Waals surface area contributed by atoms with Crippen molar-refractivity contribution >= 4 is 40.5 Å². The summed E-state index contributed by atoms with van der Waals surface area (Å²) in [4.78, 5) is 16.6. The summed E-state index contributed by atoms with van der Waals surface area (Å²) in [5.74, 6) is -0.0292. The number of hydrogen-bond donors (Lipinski definition) is 2. The fraction of sp³-hybridized carbons (Fsp3) is 0.235. The minimum Gasteiger partial charge on any atom is -0.368 e. The normalized spacial score (nSPS) is 14.8. The van der Waals surface area contributed by atoms with Gasteiger partial charge in [0.1, 0.15) is 0 Å². The molecule has 3 rings (SSSR count). The minimum atomic E-state index is -0.0292. The lowest BCUT2D eigenvalue weighted by atomic mass is 10.1. The second kappa shape index (κ2) is 7.40. The number of rotatable bonds is 3. The molecular weight excluding hydrogens is 349 g/mol. The molecule has 2 aromatic carbocycles. The van der Waals surface area contributed by atoms with Crippen LogP contribution >= 0.6 is 23.2 Å². The molecule has 1 heterocycles. The molecule has 1 saturated heterocycles. The van der Waals surface area contributed by atoms with E-state index in [1.165, 1.54) is 0 Å². The molecule has 1 amide bonds. The first-order chi connectivity index (χ1) is 11.6. The molecule has 1 aliphatic heterocycles. The van der Waals surface area contributed by atoms with Crippen molar-refractivity contribution in [3.05, 3.63) is 58.1 Å². The van der Waals surface area contributed by atoms with Crippen molar-refractivity contribution in [1.29, 1.82) is 0 Å². The number of amides is 1. The van der Waals surface area contributed by atoms with Gasteiger partial charge >= 0.3 is 0 Å². The van der Waals surface area contributed by atoms with Gasteiger partial charge in [0.15, 0.2) is 5.69 Å². The van der Waals surface area contributed by atoms with Crippen molar-refractivity contribution in [2.75, 3.05) is 31.1 Å². The van der Waals surface area contributed by atoms with Gasteiger partial charge in [-0.15, -0.1) is 0 Å². The number of piperazine rings is 1. The zero-order chi connectivity index (χ0) is 17.1. The van der Waals surface area contributed by atoms with E-state index in [2.05, 4.69) is 4.90 Å². The van der Waals surface area contributed by atoms with Gasteiger partial charge in [0.25, 0.3) is 5.91 Å². The third kappa shape index (κ3) is 3.65.